The fourth-order valence-electron chi connectivity index (χ4n) is 1.10. The standard InChI is InChI=1S/C9H7NO.P/c11-9-6-5-7-3-1-2-4-8(7)10-9;/h1-6H,(H,10,11);. The van der Waals surface area contributed by atoms with Crippen LogP contribution < -0.4 is 5.56 Å². The fourth-order valence-corrected chi connectivity index (χ4v) is 1.10. The molecule has 0 atom stereocenters. The second kappa shape index (κ2) is 3.51. The lowest BCUT2D eigenvalue weighted by Gasteiger charge is -1.93. The van der Waals surface area contributed by atoms with Gasteiger partial charge in [0.2, 0.25) is 5.56 Å². The van der Waals surface area contributed by atoms with Crippen molar-refractivity contribution in [2.45, 2.75) is 0 Å². The monoisotopic (exact) mass is 176 g/mol. The molecule has 0 aliphatic carbocycles. The first-order chi connectivity index (χ1) is 5.36. The first kappa shape index (κ1) is 8.95. The average molecular weight is 176 g/mol. The molecule has 3 radical (unpaired) electrons. The van der Waals surface area contributed by atoms with E-state index < -0.39 is 0 Å². The topological polar surface area (TPSA) is 32.9 Å². The molecule has 3 heteroatoms. The number of fused-ring (bicyclic) bond motifs is 1. The predicted molar refractivity (Wildman–Crippen MR) is 51.5 cm³/mol. The van der Waals surface area contributed by atoms with E-state index in [0.29, 0.717) is 0 Å². The van der Waals surface area contributed by atoms with Crippen LogP contribution >= 0.6 is 9.90 Å². The maximum absolute atomic E-state index is 10.8. The zero-order valence-corrected chi connectivity index (χ0v) is 7.21. The maximum atomic E-state index is 10.8. The van der Waals surface area contributed by atoms with Crippen LogP contribution in [0.1, 0.15) is 0 Å². The van der Waals surface area contributed by atoms with Gasteiger partial charge >= 0.3 is 0 Å². The van der Waals surface area contributed by atoms with Gasteiger partial charge in [-0.1, -0.05) is 18.2 Å². The lowest BCUT2D eigenvalue weighted by molar-refractivity contribution is 1.31. The molecule has 0 aliphatic heterocycles. The van der Waals surface area contributed by atoms with Gasteiger partial charge in [0.25, 0.3) is 0 Å². The molecule has 0 aliphatic rings. The average Bonchev–Trinajstić information content (AvgIpc) is 2.04. The molecule has 1 N–H and O–H groups in total. The van der Waals surface area contributed by atoms with E-state index >= 15 is 0 Å². The van der Waals surface area contributed by atoms with Crippen LogP contribution in [0.25, 0.3) is 10.9 Å². The van der Waals surface area contributed by atoms with E-state index in [9.17, 15) is 4.79 Å². The summed E-state index contributed by atoms with van der Waals surface area (Å²) >= 11 is 0. The minimum absolute atomic E-state index is 0. The second-order valence-corrected chi connectivity index (χ2v) is 2.41. The summed E-state index contributed by atoms with van der Waals surface area (Å²) in [6.45, 7) is 0. The Hall–Kier alpha value is -1.14. The molecule has 0 bridgehead atoms. The summed E-state index contributed by atoms with van der Waals surface area (Å²) in [5.41, 5.74) is 0.837. The highest BCUT2D eigenvalue weighted by molar-refractivity contribution is 6.92. The molecule has 1 heterocycles. The molecule has 0 saturated carbocycles. The predicted octanol–water partition coefficient (Wildman–Crippen LogP) is 2.39. The van der Waals surface area contributed by atoms with E-state index in [2.05, 4.69) is 4.98 Å². The zero-order valence-electron chi connectivity index (χ0n) is 6.32. The molecule has 0 amide bonds. The van der Waals surface area contributed by atoms with E-state index in [1.807, 2.05) is 30.3 Å². The molecule has 59 valence electrons. The number of aromatic nitrogens is 1. The van der Waals surface area contributed by atoms with Crippen molar-refractivity contribution in [2.24, 2.45) is 0 Å². The van der Waals surface area contributed by atoms with Crippen molar-refractivity contribution in [1.29, 1.82) is 0 Å². The summed E-state index contributed by atoms with van der Waals surface area (Å²) in [5.74, 6) is 0. The Morgan fingerprint density at radius 3 is 2.58 bits per heavy atom. The van der Waals surface area contributed by atoms with Gasteiger partial charge < -0.3 is 4.98 Å². The SMILES string of the molecule is O=c1ccc2ccccc2[nH]1.[P]. The minimum atomic E-state index is -0.0521. The Kier molecular flexibility index (Phi) is 2.61. The highest BCUT2D eigenvalue weighted by atomic mass is 31.0. The van der Waals surface area contributed by atoms with Gasteiger partial charge in [-0.3, -0.25) is 4.79 Å². The van der Waals surface area contributed by atoms with Crippen molar-refractivity contribution in [1.82, 2.24) is 4.98 Å². The van der Waals surface area contributed by atoms with Gasteiger partial charge in [0, 0.05) is 21.5 Å². The third kappa shape index (κ3) is 1.54. The Balaban J connectivity index is 0.000000720. The second-order valence-electron chi connectivity index (χ2n) is 2.41. The Morgan fingerprint density at radius 2 is 1.75 bits per heavy atom. The van der Waals surface area contributed by atoms with Crippen LogP contribution in [0.15, 0.2) is 41.2 Å². The lowest BCUT2D eigenvalue weighted by atomic mass is 10.2. The number of pyridine rings is 1. The van der Waals surface area contributed by atoms with Crippen molar-refractivity contribution in [2.75, 3.05) is 0 Å². The molecule has 1 aromatic carbocycles. The number of nitrogens with one attached hydrogen (secondary N) is 1. The van der Waals surface area contributed by atoms with Gasteiger partial charge in [-0.25, -0.2) is 0 Å². The number of aromatic amines is 1. The van der Waals surface area contributed by atoms with Crippen molar-refractivity contribution in [3.05, 3.63) is 46.8 Å². The third-order valence-corrected chi connectivity index (χ3v) is 1.63. The summed E-state index contributed by atoms with van der Waals surface area (Å²) in [6, 6.07) is 11.0. The van der Waals surface area contributed by atoms with Crippen molar-refractivity contribution in [3.63, 3.8) is 0 Å². The molecule has 0 spiro atoms. The Labute approximate surface area is 73.2 Å². The molecule has 0 saturated heterocycles. The van der Waals surface area contributed by atoms with Crippen LogP contribution in [0.4, 0.5) is 0 Å². The maximum Gasteiger partial charge on any atom is 0.248 e. The number of H-pyrrole nitrogens is 1. The fraction of sp³-hybridized carbons (Fsp3) is 0. The van der Waals surface area contributed by atoms with Gasteiger partial charge in [0.1, 0.15) is 0 Å². The van der Waals surface area contributed by atoms with Crippen LogP contribution in [0.2, 0.25) is 0 Å². The molecule has 1 aromatic heterocycles. The van der Waals surface area contributed by atoms with E-state index in [1.54, 1.807) is 0 Å². The summed E-state index contributed by atoms with van der Waals surface area (Å²) in [6.07, 6.45) is 0. The lowest BCUT2D eigenvalue weighted by Crippen LogP contribution is -2.01. The highest BCUT2D eigenvalue weighted by Crippen LogP contribution is 2.06. The molecule has 2 nitrogen and oxygen atoms in total. The summed E-state index contributed by atoms with van der Waals surface area (Å²) < 4.78 is 0. The molecule has 12 heavy (non-hydrogen) atoms. The van der Waals surface area contributed by atoms with Crippen molar-refractivity contribution < 1.29 is 0 Å². The summed E-state index contributed by atoms with van der Waals surface area (Å²) in [5, 5.41) is 1.06. The van der Waals surface area contributed by atoms with Gasteiger partial charge in [-0.15, -0.1) is 0 Å². The van der Waals surface area contributed by atoms with Gasteiger partial charge in [-0.05, 0) is 17.5 Å². The Morgan fingerprint density at radius 1 is 1.00 bits per heavy atom. The van der Waals surface area contributed by atoms with Gasteiger partial charge in [0.15, 0.2) is 0 Å². The molecular formula is C9H7NOP. The normalized spacial score (nSPS) is 9.33. The zero-order chi connectivity index (χ0) is 7.68. The van der Waals surface area contributed by atoms with E-state index in [0.717, 1.165) is 10.9 Å². The van der Waals surface area contributed by atoms with Crippen molar-refractivity contribution in [3.8, 4) is 0 Å². The smallest absolute Gasteiger partial charge is 0.248 e. The number of rotatable bonds is 0. The van der Waals surface area contributed by atoms with Crippen LogP contribution in [0, 0.1) is 0 Å². The Bertz CT molecular complexity index is 435. The molecule has 2 aromatic rings. The van der Waals surface area contributed by atoms with E-state index in [1.165, 1.54) is 6.07 Å². The number of benzene rings is 1. The van der Waals surface area contributed by atoms with Crippen molar-refractivity contribution >= 4 is 20.8 Å². The summed E-state index contributed by atoms with van der Waals surface area (Å²) in [7, 11) is 0. The van der Waals surface area contributed by atoms with Crippen LogP contribution in [0.3, 0.4) is 0 Å². The first-order valence-corrected chi connectivity index (χ1v) is 3.44. The number of hydrogen-bond donors (Lipinski definition) is 1. The first-order valence-electron chi connectivity index (χ1n) is 3.44. The molecule has 0 unspecified atom stereocenters. The molecule has 0 fully saturated rings. The van der Waals surface area contributed by atoms with E-state index in [4.69, 9.17) is 0 Å². The molecule has 2 rings (SSSR count). The number of para-hydroxylation sites is 1. The van der Waals surface area contributed by atoms with Crippen LogP contribution in [-0.4, -0.2) is 4.98 Å². The largest absolute Gasteiger partial charge is 0.322 e. The highest BCUT2D eigenvalue weighted by Gasteiger charge is 1.89. The van der Waals surface area contributed by atoms with Gasteiger partial charge in [0.05, 0.1) is 0 Å². The van der Waals surface area contributed by atoms with Gasteiger partial charge in [-0.2, -0.15) is 0 Å². The quantitative estimate of drug-likeness (QED) is 0.614. The van der Waals surface area contributed by atoms with E-state index in [-0.39, 0.29) is 15.5 Å². The third-order valence-electron chi connectivity index (χ3n) is 1.63. The summed E-state index contributed by atoms with van der Waals surface area (Å²) in [4.78, 5) is 13.6. The number of hydrogen-bond acceptors (Lipinski definition) is 1. The van der Waals surface area contributed by atoms with Crippen LogP contribution in [-0.2, 0) is 0 Å². The van der Waals surface area contributed by atoms with Crippen LogP contribution in [0.5, 0.6) is 0 Å². The minimum Gasteiger partial charge on any atom is -0.322 e. The molecular weight excluding hydrogens is 169 g/mol.